The van der Waals surface area contributed by atoms with Crippen molar-refractivity contribution in [1.29, 1.82) is 0 Å². The van der Waals surface area contributed by atoms with Gasteiger partial charge in [0.25, 0.3) is 5.91 Å². The quantitative estimate of drug-likeness (QED) is 0.759. The largest absolute Gasteiger partial charge is 0.352 e. The van der Waals surface area contributed by atoms with Gasteiger partial charge in [-0.05, 0) is 42.1 Å². The van der Waals surface area contributed by atoms with E-state index in [1.165, 1.54) is 23.2 Å². The maximum atomic E-state index is 13.0. The molecule has 2 heterocycles. The van der Waals surface area contributed by atoms with Crippen molar-refractivity contribution in [3.63, 3.8) is 0 Å². The predicted octanol–water partition coefficient (Wildman–Crippen LogP) is 3.25. The van der Waals surface area contributed by atoms with Crippen LogP contribution in [0.1, 0.15) is 15.2 Å². The molecular weight excluding hydrogens is 301 g/mol. The van der Waals surface area contributed by atoms with Gasteiger partial charge in [-0.15, -0.1) is 11.3 Å². The molecule has 3 rings (SSSR count). The highest BCUT2D eigenvalue weighted by atomic mass is 32.1. The number of aromatic amines is 1. The normalized spacial score (nSPS) is 10.6. The van der Waals surface area contributed by atoms with Gasteiger partial charge in [0.2, 0.25) is 0 Å². The Bertz CT molecular complexity index is 750. The Morgan fingerprint density at radius 1 is 1.27 bits per heavy atom. The molecule has 1 amide bonds. The number of aromatic nitrogens is 2. The zero-order valence-corrected chi connectivity index (χ0v) is 12.5. The van der Waals surface area contributed by atoms with E-state index in [0.717, 1.165) is 12.0 Å². The van der Waals surface area contributed by atoms with Crippen LogP contribution >= 0.6 is 11.3 Å². The van der Waals surface area contributed by atoms with E-state index in [1.807, 2.05) is 17.5 Å². The van der Waals surface area contributed by atoms with Gasteiger partial charge in [-0.2, -0.15) is 5.10 Å². The third-order valence-electron chi connectivity index (χ3n) is 3.25. The van der Waals surface area contributed by atoms with Crippen molar-refractivity contribution in [3.8, 4) is 11.3 Å². The van der Waals surface area contributed by atoms with E-state index in [-0.39, 0.29) is 11.7 Å². The number of rotatable bonds is 5. The predicted molar refractivity (Wildman–Crippen MR) is 84.3 cm³/mol. The van der Waals surface area contributed by atoms with E-state index in [2.05, 4.69) is 15.5 Å². The zero-order chi connectivity index (χ0) is 15.4. The molecule has 6 heteroatoms. The summed E-state index contributed by atoms with van der Waals surface area (Å²) in [7, 11) is 0. The highest BCUT2D eigenvalue weighted by Crippen LogP contribution is 2.21. The molecule has 0 aliphatic heterocycles. The SMILES string of the molecule is O=C(NCCc1cccs1)c1cn[nH]c1-c1ccc(F)cc1. The molecule has 112 valence electrons. The molecule has 0 unspecified atom stereocenters. The van der Waals surface area contributed by atoms with Crippen LogP contribution in [-0.4, -0.2) is 22.6 Å². The molecular formula is C16H14FN3OS. The maximum Gasteiger partial charge on any atom is 0.255 e. The van der Waals surface area contributed by atoms with Crippen LogP contribution in [0.15, 0.2) is 48.0 Å². The molecule has 0 aliphatic carbocycles. The molecule has 4 nitrogen and oxygen atoms in total. The van der Waals surface area contributed by atoms with Crippen molar-refractivity contribution >= 4 is 17.2 Å². The minimum Gasteiger partial charge on any atom is -0.352 e. The van der Waals surface area contributed by atoms with Crippen molar-refractivity contribution in [3.05, 3.63) is 64.2 Å². The number of hydrogen-bond acceptors (Lipinski definition) is 3. The van der Waals surface area contributed by atoms with Crippen LogP contribution in [-0.2, 0) is 6.42 Å². The van der Waals surface area contributed by atoms with Gasteiger partial charge in [0, 0.05) is 17.0 Å². The van der Waals surface area contributed by atoms with Crippen LogP contribution in [0, 0.1) is 5.82 Å². The van der Waals surface area contributed by atoms with Crippen LogP contribution in [0.3, 0.4) is 0 Å². The molecule has 2 N–H and O–H groups in total. The molecule has 0 saturated carbocycles. The van der Waals surface area contributed by atoms with E-state index in [1.54, 1.807) is 23.5 Å². The first-order valence-corrected chi connectivity index (χ1v) is 7.72. The standard InChI is InChI=1S/C16H14FN3OS/c17-12-5-3-11(4-6-12)15-14(10-19-20-15)16(21)18-8-7-13-2-1-9-22-13/h1-6,9-10H,7-8H2,(H,18,21)(H,19,20). The first-order valence-electron chi connectivity index (χ1n) is 6.84. The Morgan fingerprint density at radius 3 is 2.82 bits per heavy atom. The van der Waals surface area contributed by atoms with E-state index >= 15 is 0 Å². The van der Waals surface area contributed by atoms with Crippen molar-refractivity contribution in [2.24, 2.45) is 0 Å². The molecule has 2 aromatic heterocycles. The molecule has 0 radical (unpaired) electrons. The maximum absolute atomic E-state index is 13.0. The van der Waals surface area contributed by atoms with E-state index < -0.39 is 0 Å². The lowest BCUT2D eigenvalue weighted by molar-refractivity contribution is 0.0955. The molecule has 0 atom stereocenters. The minimum atomic E-state index is -0.315. The highest BCUT2D eigenvalue weighted by molar-refractivity contribution is 7.09. The van der Waals surface area contributed by atoms with Crippen LogP contribution in [0.2, 0.25) is 0 Å². The van der Waals surface area contributed by atoms with Gasteiger partial charge in [0.1, 0.15) is 5.82 Å². The summed E-state index contributed by atoms with van der Waals surface area (Å²) in [5, 5.41) is 11.6. The number of carbonyl (C=O) groups is 1. The fourth-order valence-electron chi connectivity index (χ4n) is 2.14. The van der Waals surface area contributed by atoms with E-state index in [4.69, 9.17) is 0 Å². The Kier molecular flexibility index (Phi) is 4.29. The second-order valence-corrected chi connectivity index (χ2v) is 5.78. The first kappa shape index (κ1) is 14.5. The van der Waals surface area contributed by atoms with Crippen LogP contribution in [0.4, 0.5) is 4.39 Å². The summed E-state index contributed by atoms with van der Waals surface area (Å²) in [4.78, 5) is 13.5. The summed E-state index contributed by atoms with van der Waals surface area (Å²) in [6.45, 7) is 0.563. The van der Waals surface area contributed by atoms with Crippen LogP contribution in [0.5, 0.6) is 0 Å². The summed E-state index contributed by atoms with van der Waals surface area (Å²) >= 11 is 1.67. The number of hydrogen-bond donors (Lipinski definition) is 2. The number of H-pyrrole nitrogens is 1. The molecule has 0 spiro atoms. The second kappa shape index (κ2) is 6.53. The van der Waals surface area contributed by atoms with Gasteiger partial charge in [-0.1, -0.05) is 6.07 Å². The van der Waals surface area contributed by atoms with Gasteiger partial charge in [-0.25, -0.2) is 4.39 Å². The van der Waals surface area contributed by atoms with E-state index in [0.29, 0.717) is 17.8 Å². The average molecular weight is 315 g/mol. The summed E-state index contributed by atoms with van der Waals surface area (Å²) in [6.07, 6.45) is 2.28. The highest BCUT2D eigenvalue weighted by Gasteiger charge is 2.14. The number of benzene rings is 1. The van der Waals surface area contributed by atoms with E-state index in [9.17, 15) is 9.18 Å². The zero-order valence-electron chi connectivity index (χ0n) is 11.7. The molecule has 1 aromatic carbocycles. The molecule has 0 saturated heterocycles. The summed E-state index contributed by atoms with van der Waals surface area (Å²) in [5.74, 6) is -0.505. The van der Waals surface area contributed by atoms with Gasteiger partial charge in [-0.3, -0.25) is 9.89 Å². The Labute approximate surface area is 131 Å². The lowest BCUT2D eigenvalue weighted by atomic mass is 10.1. The third-order valence-corrected chi connectivity index (χ3v) is 4.19. The average Bonchev–Trinajstić information content (AvgIpc) is 3.19. The van der Waals surface area contributed by atoms with Crippen LogP contribution in [0.25, 0.3) is 11.3 Å². The second-order valence-electron chi connectivity index (χ2n) is 4.75. The lowest BCUT2D eigenvalue weighted by Gasteiger charge is -2.05. The monoisotopic (exact) mass is 315 g/mol. The summed E-state index contributed by atoms with van der Waals surface area (Å²) in [6, 6.07) is 9.98. The van der Waals surface area contributed by atoms with Crippen molar-refractivity contribution in [2.45, 2.75) is 6.42 Å². The number of halogens is 1. The number of thiophene rings is 1. The molecule has 0 bridgehead atoms. The van der Waals surface area contributed by atoms with Gasteiger partial charge in [0.15, 0.2) is 0 Å². The Morgan fingerprint density at radius 2 is 2.09 bits per heavy atom. The molecule has 0 aliphatic rings. The van der Waals surface area contributed by atoms with Gasteiger partial charge in [0.05, 0.1) is 17.5 Å². The first-order chi connectivity index (χ1) is 10.7. The minimum absolute atomic E-state index is 0.190. The molecule has 3 aromatic rings. The third kappa shape index (κ3) is 3.23. The lowest BCUT2D eigenvalue weighted by Crippen LogP contribution is -2.25. The number of nitrogens with one attached hydrogen (secondary N) is 2. The smallest absolute Gasteiger partial charge is 0.255 e. The number of carbonyl (C=O) groups excluding carboxylic acids is 1. The topological polar surface area (TPSA) is 57.8 Å². The number of nitrogens with zero attached hydrogens (tertiary/aromatic N) is 1. The fraction of sp³-hybridized carbons (Fsp3) is 0.125. The van der Waals surface area contributed by atoms with Gasteiger partial charge < -0.3 is 5.32 Å². The summed E-state index contributed by atoms with van der Waals surface area (Å²) in [5.41, 5.74) is 1.77. The number of amides is 1. The molecule has 0 fully saturated rings. The summed E-state index contributed by atoms with van der Waals surface area (Å²) < 4.78 is 13.0. The Balaban J connectivity index is 1.68. The van der Waals surface area contributed by atoms with Crippen molar-refractivity contribution < 1.29 is 9.18 Å². The van der Waals surface area contributed by atoms with Gasteiger partial charge >= 0.3 is 0 Å². The fourth-order valence-corrected chi connectivity index (χ4v) is 2.85. The van der Waals surface area contributed by atoms with Crippen molar-refractivity contribution in [2.75, 3.05) is 6.54 Å². The van der Waals surface area contributed by atoms with Crippen LogP contribution < -0.4 is 5.32 Å². The molecule has 22 heavy (non-hydrogen) atoms. The Hall–Kier alpha value is -2.47. The van der Waals surface area contributed by atoms with Crippen molar-refractivity contribution in [1.82, 2.24) is 15.5 Å².